The van der Waals surface area contributed by atoms with Gasteiger partial charge in [0, 0.05) is 28.8 Å². The van der Waals surface area contributed by atoms with E-state index in [0.29, 0.717) is 10.5 Å². The van der Waals surface area contributed by atoms with Crippen molar-refractivity contribution in [1.29, 1.82) is 0 Å². The number of carbonyl (C=O) groups excluding carboxylic acids is 2. The van der Waals surface area contributed by atoms with E-state index in [9.17, 15) is 27.2 Å². The van der Waals surface area contributed by atoms with E-state index in [1.165, 1.54) is 54.1 Å². The Morgan fingerprint density at radius 1 is 1.07 bits per heavy atom. The Kier molecular flexibility index (Phi) is 7.30. The van der Waals surface area contributed by atoms with E-state index in [1.807, 2.05) is 0 Å². The number of esters is 1. The summed E-state index contributed by atoms with van der Waals surface area (Å²) in [6, 6.07) is 9.48. The Morgan fingerprint density at radius 2 is 1.86 bits per heavy atom. The summed E-state index contributed by atoms with van der Waals surface area (Å²) in [5, 5.41) is 0. The minimum Gasteiger partial charge on any atom is -0.493 e. The van der Waals surface area contributed by atoms with E-state index in [1.54, 1.807) is 6.92 Å². The van der Waals surface area contributed by atoms with Gasteiger partial charge >= 0.3 is 24.1 Å². The van der Waals surface area contributed by atoms with Crippen LogP contribution in [0.2, 0.25) is 0 Å². The van der Waals surface area contributed by atoms with Crippen molar-refractivity contribution in [3.8, 4) is 23.2 Å². The van der Waals surface area contributed by atoms with Gasteiger partial charge in [0.25, 0.3) is 0 Å². The SMILES string of the molecule is CCOc1nc2ccc(F)c(F)c2n1-c1cccc2c1OC[C@H]2N(C(=O)C(F)(F)F)c1ccc2c(c1)OC[C@H]2CC(=O)OC. The molecule has 2 aliphatic heterocycles. The summed E-state index contributed by atoms with van der Waals surface area (Å²) in [6.45, 7) is 1.52. The van der Waals surface area contributed by atoms with E-state index in [-0.39, 0.29) is 77.6 Å². The number of alkyl halides is 3. The molecule has 0 spiro atoms. The molecule has 0 unspecified atom stereocenters. The lowest BCUT2D eigenvalue weighted by Crippen LogP contribution is -2.44. The molecule has 0 fully saturated rings. The number of amides is 1. The molecule has 44 heavy (non-hydrogen) atoms. The van der Waals surface area contributed by atoms with Crippen molar-refractivity contribution in [3.63, 3.8) is 0 Å². The smallest absolute Gasteiger partial charge is 0.471 e. The number of rotatable bonds is 7. The zero-order valence-electron chi connectivity index (χ0n) is 23.3. The van der Waals surface area contributed by atoms with Crippen LogP contribution in [0.5, 0.6) is 17.5 Å². The topological polar surface area (TPSA) is 92.1 Å². The lowest BCUT2D eigenvalue weighted by atomic mass is 9.97. The molecule has 2 aliphatic rings. The summed E-state index contributed by atoms with van der Waals surface area (Å²) in [4.78, 5) is 29.6. The Morgan fingerprint density at radius 3 is 2.59 bits per heavy atom. The lowest BCUT2D eigenvalue weighted by molar-refractivity contribution is -0.171. The van der Waals surface area contributed by atoms with Crippen LogP contribution in [0.3, 0.4) is 0 Å². The van der Waals surface area contributed by atoms with Crippen LogP contribution in [0.1, 0.15) is 36.4 Å². The number of carbonyl (C=O) groups is 2. The average Bonchev–Trinajstić information content (AvgIpc) is 3.70. The zero-order chi connectivity index (χ0) is 31.3. The fourth-order valence-corrected chi connectivity index (χ4v) is 5.58. The third-order valence-corrected chi connectivity index (χ3v) is 7.53. The number of nitrogens with zero attached hydrogens (tertiary/aromatic N) is 3. The molecular weight excluding hydrogens is 593 g/mol. The van der Waals surface area contributed by atoms with Gasteiger partial charge in [0.2, 0.25) is 0 Å². The molecule has 9 nitrogen and oxygen atoms in total. The number of aromatic nitrogens is 2. The summed E-state index contributed by atoms with van der Waals surface area (Å²) in [5.41, 5.74) is 0.613. The van der Waals surface area contributed by atoms with Crippen molar-refractivity contribution in [2.75, 3.05) is 31.8 Å². The van der Waals surface area contributed by atoms with Crippen molar-refractivity contribution >= 4 is 28.6 Å². The summed E-state index contributed by atoms with van der Waals surface area (Å²) >= 11 is 0. The van der Waals surface area contributed by atoms with Gasteiger partial charge < -0.3 is 18.9 Å². The lowest BCUT2D eigenvalue weighted by Gasteiger charge is -2.29. The Balaban J connectivity index is 1.46. The zero-order valence-corrected chi connectivity index (χ0v) is 23.3. The molecular formula is C30H24F5N3O6. The summed E-state index contributed by atoms with van der Waals surface area (Å²) in [7, 11) is 1.25. The third kappa shape index (κ3) is 4.83. The Hall–Kier alpha value is -4.88. The fourth-order valence-electron chi connectivity index (χ4n) is 5.58. The number of fused-ring (bicyclic) bond motifs is 3. The average molecular weight is 618 g/mol. The van der Waals surface area contributed by atoms with E-state index in [4.69, 9.17) is 18.9 Å². The van der Waals surface area contributed by atoms with Gasteiger partial charge in [-0.15, -0.1) is 0 Å². The van der Waals surface area contributed by atoms with Crippen LogP contribution in [0.25, 0.3) is 16.7 Å². The maximum absolute atomic E-state index is 15.1. The van der Waals surface area contributed by atoms with Crippen LogP contribution in [0.15, 0.2) is 48.5 Å². The number of halogens is 5. The van der Waals surface area contributed by atoms with Gasteiger partial charge in [0.15, 0.2) is 11.6 Å². The largest absolute Gasteiger partial charge is 0.493 e. The van der Waals surface area contributed by atoms with Crippen molar-refractivity contribution in [3.05, 3.63) is 71.3 Å². The second kappa shape index (κ2) is 11.0. The minimum absolute atomic E-state index is 0.0117. The molecule has 1 amide bonds. The van der Waals surface area contributed by atoms with E-state index < -0.39 is 35.7 Å². The van der Waals surface area contributed by atoms with E-state index in [2.05, 4.69) is 4.98 Å². The van der Waals surface area contributed by atoms with Crippen LogP contribution < -0.4 is 19.1 Å². The number of anilines is 1. The molecule has 0 saturated carbocycles. The number of hydrogen-bond donors (Lipinski definition) is 0. The van der Waals surface area contributed by atoms with E-state index in [0.717, 1.165) is 6.07 Å². The van der Waals surface area contributed by atoms with Crippen LogP contribution in [0.4, 0.5) is 27.6 Å². The Labute approximate surface area is 246 Å². The molecule has 0 saturated heterocycles. The molecule has 2 atom stereocenters. The number of imidazole rings is 1. The predicted octanol–water partition coefficient (Wildman–Crippen LogP) is 5.77. The van der Waals surface area contributed by atoms with Crippen molar-refractivity contribution < 1.29 is 50.5 Å². The first-order valence-electron chi connectivity index (χ1n) is 13.5. The molecule has 0 radical (unpaired) electrons. The van der Waals surface area contributed by atoms with Gasteiger partial charge in [-0.25, -0.2) is 8.78 Å². The quantitative estimate of drug-likeness (QED) is 0.192. The molecule has 14 heteroatoms. The van der Waals surface area contributed by atoms with Gasteiger partial charge in [-0.2, -0.15) is 18.2 Å². The molecule has 0 bridgehead atoms. The first-order chi connectivity index (χ1) is 21.0. The number of para-hydroxylation sites is 1. The van der Waals surface area contributed by atoms with Gasteiger partial charge in [0.05, 0.1) is 44.0 Å². The molecule has 3 aromatic carbocycles. The van der Waals surface area contributed by atoms with Crippen LogP contribution >= 0.6 is 0 Å². The van der Waals surface area contributed by atoms with Crippen LogP contribution in [0, 0.1) is 11.6 Å². The highest BCUT2D eigenvalue weighted by molar-refractivity contribution is 5.98. The van der Waals surface area contributed by atoms with Crippen LogP contribution in [-0.2, 0) is 14.3 Å². The van der Waals surface area contributed by atoms with Crippen molar-refractivity contribution in [2.45, 2.75) is 31.5 Å². The van der Waals surface area contributed by atoms with E-state index >= 15 is 4.39 Å². The summed E-state index contributed by atoms with van der Waals surface area (Å²) in [6.07, 6.45) is -5.24. The van der Waals surface area contributed by atoms with Crippen molar-refractivity contribution in [2.24, 2.45) is 0 Å². The van der Waals surface area contributed by atoms with Gasteiger partial charge in [-0.3, -0.25) is 19.1 Å². The van der Waals surface area contributed by atoms with Crippen LogP contribution in [-0.4, -0.2) is 54.5 Å². The third-order valence-electron chi connectivity index (χ3n) is 7.53. The number of benzene rings is 3. The first kappa shape index (κ1) is 29.2. The van der Waals surface area contributed by atoms with Gasteiger partial charge in [0.1, 0.15) is 23.6 Å². The van der Waals surface area contributed by atoms with Gasteiger partial charge in [-0.05, 0) is 31.2 Å². The normalized spacial score (nSPS) is 17.1. The first-order valence-corrected chi connectivity index (χ1v) is 13.5. The number of methoxy groups -OCH3 is 1. The highest BCUT2D eigenvalue weighted by Gasteiger charge is 2.48. The minimum atomic E-state index is -5.25. The standard InChI is InChI=1S/C30H24F5N3O6/c1-3-42-29-36-20-10-9-19(31)25(32)26(20)38(29)21-6-4-5-18-22(14-44-27(18)21)37(28(40)30(33,34)35)16-7-8-17-15(11-24(39)41-2)13-43-23(17)12-16/h4-10,12,15,22H,3,11,13-14H2,1-2H3/t15-,22-/m1/s1. The maximum atomic E-state index is 15.1. The molecule has 0 N–H and O–H groups in total. The molecule has 4 aromatic rings. The predicted molar refractivity (Wildman–Crippen MR) is 145 cm³/mol. The fraction of sp³-hybridized carbons (Fsp3) is 0.300. The molecule has 230 valence electrons. The highest BCUT2D eigenvalue weighted by atomic mass is 19.4. The molecule has 3 heterocycles. The molecule has 1 aromatic heterocycles. The second-order valence-electron chi connectivity index (χ2n) is 10.1. The molecule has 6 rings (SSSR count). The van der Waals surface area contributed by atoms with Gasteiger partial charge in [-0.1, -0.05) is 18.2 Å². The Bertz CT molecular complexity index is 1790. The van der Waals surface area contributed by atoms with Crippen molar-refractivity contribution in [1.82, 2.24) is 9.55 Å². The monoisotopic (exact) mass is 617 g/mol. The maximum Gasteiger partial charge on any atom is 0.471 e. The summed E-state index contributed by atoms with van der Waals surface area (Å²) < 4.78 is 94.5. The molecule has 0 aliphatic carbocycles. The number of ether oxygens (including phenoxy) is 4. The second-order valence-corrected chi connectivity index (χ2v) is 10.1. The number of hydrogen-bond acceptors (Lipinski definition) is 7. The summed E-state index contributed by atoms with van der Waals surface area (Å²) in [5.74, 6) is -5.06. The highest BCUT2D eigenvalue weighted by Crippen LogP contribution is 2.47.